The van der Waals surface area contributed by atoms with E-state index in [2.05, 4.69) is 0 Å². The van der Waals surface area contributed by atoms with Crippen molar-refractivity contribution in [3.05, 3.63) is 0 Å². The van der Waals surface area contributed by atoms with Gasteiger partial charge in [0.05, 0.1) is 0 Å². The second kappa shape index (κ2) is 4.73. The van der Waals surface area contributed by atoms with E-state index in [-0.39, 0.29) is 0 Å². The SMILES string of the molecule is COCCC(N)CC1CCC1. The van der Waals surface area contributed by atoms with Crippen LogP contribution in [0.15, 0.2) is 0 Å². The summed E-state index contributed by atoms with van der Waals surface area (Å²) in [6.45, 7) is 0.813. The Balaban J connectivity index is 1.95. The zero-order valence-electron chi connectivity index (χ0n) is 7.38. The van der Waals surface area contributed by atoms with E-state index in [1.165, 1.54) is 25.7 Å². The molecule has 66 valence electrons. The molecular weight excluding hydrogens is 138 g/mol. The minimum absolute atomic E-state index is 0.375. The summed E-state index contributed by atoms with van der Waals surface area (Å²) in [6.07, 6.45) is 6.46. The molecule has 2 N–H and O–H groups in total. The molecule has 1 aliphatic carbocycles. The molecule has 0 heterocycles. The van der Waals surface area contributed by atoms with Gasteiger partial charge in [-0.1, -0.05) is 19.3 Å². The molecule has 1 fully saturated rings. The van der Waals surface area contributed by atoms with Gasteiger partial charge in [-0.15, -0.1) is 0 Å². The minimum atomic E-state index is 0.375. The molecule has 2 nitrogen and oxygen atoms in total. The van der Waals surface area contributed by atoms with Gasteiger partial charge in [0, 0.05) is 19.8 Å². The summed E-state index contributed by atoms with van der Waals surface area (Å²) in [5.41, 5.74) is 5.89. The van der Waals surface area contributed by atoms with Crippen LogP contribution in [0, 0.1) is 5.92 Å². The van der Waals surface area contributed by atoms with Crippen molar-refractivity contribution in [2.24, 2.45) is 11.7 Å². The number of nitrogens with two attached hydrogens (primary N) is 1. The number of hydrogen-bond acceptors (Lipinski definition) is 2. The average Bonchev–Trinajstić information content (AvgIpc) is 1.93. The minimum Gasteiger partial charge on any atom is -0.385 e. The maximum absolute atomic E-state index is 5.89. The third-order valence-corrected chi connectivity index (χ3v) is 2.55. The summed E-state index contributed by atoms with van der Waals surface area (Å²) in [7, 11) is 1.73. The molecule has 1 unspecified atom stereocenters. The van der Waals surface area contributed by atoms with E-state index in [0.29, 0.717) is 6.04 Å². The van der Waals surface area contributed by atoms with Gasteiger partial charge in [0.15, 0.2) is 0 Å². The Morgan fingerprint density at radius 3 is 2.73 bits per heavy atom. The van der Waals surface area contributed by atoms with Crippen LogP contribution < -0.4 is 5.73 Å². The third kappa shape index (κ3) is 3.21. The molecule has 0 aliphatic heterocycles. The van der Waals surface area contributed by atoms with Crippen molar-refractivity contribution in [1.82, 2.24) is 0 Å². The number of ether oxygens (including phenoxy) is 1. The van der Waals surface area contributed by atoms with E-state index in [4.69, 9.17) is 10.5 Å². The fraction of sp³-hybridized carbons (Fsp3) is 1.00. The van der Waals surface area contributed by atoms with Crippen molar-refractivity contribution < 1.29 is 4.74 Å². The summed E-state index contributed by atoms with van der Waals surface area (Å²) in [5, 5.41) is 0. The molecule has 0 aromatic rings. The Labute approximate surface area is 69.1 Å². The Morgan fingerprint density at radius 1 is 1.55 bits per heavy atom. The highest BCUT2D eigenvalue weighted by Crippen LogP contribution is 2.30. The molecule has 1 atom stereocenters. The first-order valence-electron chi connectivity index (χ1n) is 4.57. The first-order chi connectivity index (χ1) is 5.33. The molecule has 0 bridgehead atoms. The first-order valence-corrected chi connectivity index (χ1v) is 4.57. The highest BCUT2D eigenvalue weighted by molar-refractivity contribution is 4.74. The van der Waals surface area contributed by atoms with Gasteiger partial charge in [-0.25, -0.2) is 0 Å². The molecule has 2 heteroatoms. The zero-order chi connectivity index (χ0) is 8.10. The second-order valence-corrected chi connectivity index (χ2v) is 3.57. The second-order valence-electron chi connectivity index (χ2n) is 3.57. The van der Waals surface area contributed by atoms with Crippen molar-refractivity contribution in [3.63, 3.8) is 0 Å². The lowest BCUT2D eigenvalue weighted by molar-refractivity contribution is 0.177. The molecule has 0 aromatic carbocycles. The van der Waals surface area contributed by atoms with Gasteiger partial charge in [0.1, 0.15) is 0 Å². The quantitative estimate of drug-likeness (QED) is 0.657. The fourth-order valence-corrected chi connectivity index (χ4v) is 1.54. The summed E-state index contributed by atoms with van der Waals surface area (Å²) in [6, 6.07) is 0.375. The predicted molar refractivity (Wildman–Crippen MR) is 46.4 cm³/mol. The van der Waals surface area contributed by atoms with E-state index in [1.807, 2.05) is 0 Å². The summed E-state index contributed by atoms with van der Waals surface area (Å²) >= 11 is 0. The van der Waals surface area contributed by atoms with Gasteiger partial charge in [-0.3, -0.25) is 0 Å². The molecule has 1 rings (SSSR count). The third-order valence-electron chi connectivity index (χ3n) is 2.55. The smallest absolute Gasteiger partial charge is 0.0477 e. The molecule has 11 heavy (non-hydrogen) atoms. The van der Waals surface area contributed by atoms with Crippen molar-refractivity contribution in [3.8, 4) is 0 Å². The van der Waals surface area contributed by atoms with Gasteiger partial charge in [-0.2, -0.15) is 0 Å². The van der Waals surface area contributed by atoms with Crippen molar-refractivity contribution in [1.29, 1.82) is 0 Å². The molecule has 0 amide bonds. The topological polar surface area (TPSA) is 35.2 Å². The molecular formula is C9H19NO. The molecule has 0 aromatic heterocycles. The zero-order valence-corrected chi connectivity index (χ0v) is 7.38. The van der Waals surface area contributed by atoms with Crippen LogP contribution >= 0.6 is 0 Å². The lowest BCUT2D eigenvalue weighted by Crippen LogP contribution is -2.27. The maximum atomic E-state index is 5.89. The molecule has 1 saturated carbocycles. The van der Waals surface area contributed by atoms with E-state index >= 15 is 0 Å². The van der Waals surface area contributed by atoms with Crippen molar-refractivity contribution in [2.45, 2.75) is 38.1 Å². The van der Waals surface area contributed by atoms with Crippen LogP contribution in [0.2, 0.25) is 0 Å². The summed E-state index contributed by atoms with van der Waals surface area (Å²) < 4.78 is 4.97. The molecule has 0 spiro atoms. The monoisotopic (exact) mass is 157 g/mol. The van der Waals surface area contributed by atoms with Gasteiger partial charge >= 0.3 is 0 Å². The van der Waals surface area contributed by atoms with Crippen LogP contribution in [0.25, 0.3) is 0 Å². The van der Waals surface area contributed by atoms with E-state index < -0.39 is 0 Å². The molecule has 0 radical (unpaired) electrons. The van der Waals surface area contributed by atoms with E-state index in [1.54, 1.807) is 7.11 Å². The maximum Gasteiger partial charge on any atom is 0.0477 e. The Morgan fingerprint density at radius 2 is 2.27 bits per heavy atom. The van der Waals surface area contributed by atoms with Crippen LogP contribution in [0.4, 0.5) is 0 Å². The predicted octanol–water partition coefficient (Wildman–Crippen LogP) is 1.54. The average molecular weight is 157 g/mol. The van der Waals surface area contributed by atoms with Crippen LogP contribution in [0.3, 0.4) is 0 Å². The van der Waals surface area contributed by atoms with Crippen molar-refractivity contribution in [2.75, 3.05) is 13.7 Å². The normalized spacial score (nSPS) is 21.3. The Bertz CT molecular complexity index is 102. The van der Waals surface area contributed by atoms with Crippen LogP contribution in [-0.2, 0) is 4.74 Å². The van der Waals surface area contributed by atoms with Crippen LogP contribution in [0.1, 0.15) is 32.1 Å². The first kappa shape index (κ1) is 9.01. The highest BCUT2D eigenvalue weighted by atomic mass is 16.5. The summed E-state index contributed by atoms with van der Waals surface area (Å²) in [4.78, 5) is 0. The lowest BCUT2D eigenvalue weighted by Gasteiger charge is -2.27. The van der Waals surface area contributed by atoms with E-state index in [9.17, 15) is 0 Å². The Kier molecular flexibility index (Phi) is 3.87. The standard InChI is InChI=1S/C9H19NO/c1-11-6-5-9(10)7-8-3-2-4-8/h8-9H,2-7,10H2,1H3. The highest BCUT2D eigenvalue weighted by Gasteiger charge is 2.19. The number of hydrogen-bond donors (Lipinski definition) is 1. The number of methoxy groups -OCH3 is 1. The van der Waals surface area contributed by atoms with Gasteiger partial charge in [0.25, 0.3) is 0 Å². The fourth-order valence-electron chi connectivity index (χ4n) is 1.54. The van der Waals surface area contributed by atoms with E-state index in [0.717, 1.165) is 18.9 Å². The largest absolute Gasteiger partial charge is 0.385 e. The van der Waals surface area contributed by atoms with Crippen LogP contribution in [0.5, 0.6) is 0 Å². The molecule has 0 saturated heterocycles. The van der Waals surface area contributed by atoms with Gasteiger partial charge in [-0.05, 0) is 18.8 Å². The van der Waals surface area contributed by atoms with Crippen LogP contribution in [-0.4, -0.2) is 19.8 Å². The van der Waals surface area contributed by atoms with Gasteiger partial charge < -0.3 is 10.5 Å². The molecule has 1 aliphatic rings. The van der Waals surface area contributed by atoms with Crippen molar-refractivity contribution >= 4 is 0 Å². The Hall–Kier alpha value is -0.0800. The summed E-state index contributed by atoms with van der Waals surface area (Å²) in [5.74, 6) is 0.932. The number of rotatable bonds is 5. The van der Waals surface area contributed by atoms with Gasteiger partial charge in [0.2, 0.25) is 0 Å². The lowest BCUT2D eigenvalue weighted by atomic mass is 9.80.